The minimum Gasteiger partial charge on any atom is -0.382 e. The fourth-order valence-electron chi connectivity index (χ4n) is 3.07. The van der Waals surface area contributed by atoms with Gasteiger partial charge in [0.25, 0.3) is 0 Å². The number of carbonyl (C=O) groups excluding carboxylic acids is 1. The molecule has 0 fully saturated rings. The van der Waals surface area contributed by atoms with Crippen LogP contribution < -0.4 is 0 Å². The first-order chi connectivity index (χ1) is 8.13. The fraction of sp³-hybridized carbons (Fsp3) is 0.562. The van der Waals surface area contributed by atoms with E-state index < -0.39 is 5.60 Å². The Morgan fingerprint density at radius 3 is 2.56 bits per heavy atom. The maximum Gasteiger partial charge on any atom is 0.193 e. The van der Waals surface area contributed by atoms with E-state index in [1.54, 1.807) is 0 Å². The zero-order valence-corrected chi connectivity index (χ0v) is 11.9. The molecule has 0 spiro atoms. The minimum absolute atomic E-state index is 0.186. The standard InChI is InChI=1S/C16H22O2/c1-10-9-15(2,3)13-7-6-11(8-12(10)13)14(17)16(4,5)18/h6-8,10,18H,9H2,1-5H3. The molecular formula is C16H22O2. The predicted molar refractivity (Wildman–Crippen MR) is 73.1 cm³/mol. The van der Waals surface area contributed by atoms with Crippen LogP contribution in [0.25, 0.3) is 0 Å². The van der Waals surface area contributed by atoms with Crippen molar-refractivity contribution in [1.29, 1.82) is 0 Å². The first-order valence-electron chi connectivity index (χ1n) is 6.54. The Hall–Kier alpha value is -1.15. The Labute approximate surface area is 109 Å². The van der Waals surface area contributed by atoms with Gasteiger partial charge in [-0.15, -0.1) is 0 Å². The van der Waals surface area contributed by atoms with Crippen molar-refractivity contribution in [3.8, 4) is 0 Å². The van der Waals surface area contributed by atoms with Crippen molar-refractivity contribution >= 4 is 5.78 Å². The van der Waals surface area contributed by atoms with Gasteiger partial charge in [0, 0.05) is 5.56 Å². The van der Waals surface area contributed by atoms with Crippen LogP contribution in [0.3, 0.4) is 0 Å². The average molecular weight is 246 g/mol. The molecule has 2 heteroatoms. The summed E-state index contributed by atoms with van der Waals surface area (Å²) in [6, 6.07) is 5.87. The third-order valence-electron chi connectivity index (χ3n) is 3.95. The Kier molecular flexibility index (Phi) is 2.90. The van der Waals surface area contributed by atoms with E-state index >= 15 is 0 Å². The second-order valence-electron chi connectivity index (χ2n) is 6.68. The smallest absolute Gasteiger partial charge is 0.193 e. The third kappa shape index (κ3) is 2.10. The number of ketones is 1. The van der Waals surface area contributed by atoms with E-state index in [0.29, 0.717) is 11.5 Å². The number of aliphatic hydroxyl groups is 1. The van der Waals surface area contributed by atoms with Gasteiger partial charge in [0.1, 0.15) is 5.60 Å². The Morgan fingerprint density at radius 2 is 2.00 bits per heavy atom. The van der Waals surface area contributed by atoms with Gasteiger partial charge in [-0.1, -0.05) is 32.9 Å². The van der Waals surface area contributed by atoms with Crippen LogP contribution in [-0.2, 0) is 5.41 Å². The van der Waals surface area contributed by atoms with E-state index in [4.69, 9.17) is 0 Å². The van der Waals surface area contributed by atoms with Gasteiger partial charge < -0.3 is 5.11 Å². The Balaban J connectivity index is 2.47. The van der Waals surface area contributed by atoms with E-state index in [9.17, 15) is 9.90 Å². The maximum atomic E-state index is 12.1. The van der Waals surface area contributed by atoms with Crippen molar-refractivity contribution in [3.05, 3.63) is 34.9 Å². The molecule has 0 saturated heterocycles. The van der Waals surface area contributed by atoms with E-state index in [1.165, 1.54) is 25.0 Å². The molecule has 98 valence electrons. The van der Waals surface area contributed by atoms with Crippen LogP contribution in [0, 0.1) is 0 Å². The molecule has 0 saturated carbocycles. The molecule has 0 heterocycles. The van der Waals surface area contributed by atoms with Gasteiger partial charge >= 0.3 is 0 Å². The van der Waals surface area contributed by atoms with Crippen molar-refractivity contribution in [2.75, 3.05) is 0 Å². The number of benzene rings is 1. The number of Topliss-reactive ketones (excluding diaryl/α,β-unsaturated/α-hetero) is 1. The molecule has 0 aliphatic heterocycles. The van der Waals surface area contributed by atoms with Gasteiger partial charge in [-0.25, -0.2) is 0 Å². The first kappa shape index (κ1) is 13.3. The van der Waals surface area contributed by atoms with Gasteiger partial charge in [-0.05, 0) is 48.8 Å². The fourth-order valence-corrected chi connectivity index (χ4v) is 3.07. The van der Waals surface area contributed by atoms with Crippen LogP contribution in [0.1, 0.15) is 68.4 Å². The predicted octanol–water partition coefficient (Wildman–Crippen LogP) is 3.43. The van der Waals surface area contributed by atoms with Crippen molar-refractivity contribution in [3.63, 3.8) is 0 Å². The molecule has 1 N–H and O–H groups in total. The second-order valence-corrected chi connectivity index (χ2v) is 6.68. The van der Waals surface area contributed by atoms with Crippen LogP contribution in [0.4, 0.5) is 0 Å². The lowest BCUT2D eigenvalue weighted by molar-refractivity contribution is 0.0488. The van der Waals surface area contributed by atoms with Crippen LogP contribution in [0.2, 0.25) is 0 Å². The molecule has 0 amide bonds. The van der Waals surface area contributed by atoms with Crippen LogP contribution >= 0.6 is 0 Å². The molecule has 1 unspecified atom stereocenters. The van der Waals surface area contributed by atoms with Gasteiger partial charge in [0.15, 0.2) is 5.78 Å². The Morgan fingerprint density at radius 1 is 1.39 bits per heavy atom. The van der Waals surface area contributed by atoms with Gasteiger partial charge in [-0.2, -0.15) is 0 Å². The summed E-state index contributed by atoms with van der Waals surface area (Å²) >= 11 is 0. The SMILES string of the molecule is CC1CC(C)(C)c2ccc(C(=O)C(C)(C)O)cc21. The Bertz CT molecular complexity index is 492. The van der Waals surface area contributed by atoms with Crippen molar-refractivity contribution in [2.24, 2.45) is 0 Å². The molecule has 1 aromatic rings. The topological polar surface area (TPSA) is 37.3 Å². The molecule has 2 rings (SSSR count). The molecule has 0 radical (unpaired) electrons. The quantitative estimate of drug-likeness (QED) is 0.812. The highest BCUT2D eigenvalue weighted by Crippen LogP contribution is 2.45. The van der Waals surface area contributed by atoms with E-state index in [2.05, 4.69) is 26.8 Å². The summed E-state index contributed by atoms with van der Waals surface area (Å²) in [6.45, 7) is 9.76. The minimum atomic E-state index is -1.30. The molecule has 0 aromatic heterocycles. The molecule has 1 aliphatic rings. The van der Waals surface area contributed by atoms with E-state index in [1.807, 2.05) is 12.1 Å². The summed E-state index contributed by atoms with van der Waals surface area (Å²) in [6.07, 6.45) is 1.11. The van der Waals surface area contributed by atoms with E-state index in [0.717, 1.165) is 6.42 Å². The van der Waals surface area contributed by atoms with Crippen molar-refractivity contribution in [2.45, 2.75) is 58.0 Å². The molecule has 18 heavy (non-hydrogen) atoms. The van der Waals surface area contributed by atoms with Crippen LogP contribution in [0.5, 0.6) is 0 Å². The largest absolute Gasteiger partial charge is 0.382 e. The summed E-state index contributed by atoms with van der Waals surface area (Å²) in [5.74, 6) is 0.270. The second kappa shape index (κ2) is 3.92. The highest BCUT2D eigenvalue weighted by molar-refractivity contribution is 6.02. The van der Waals surface area contributed by atoms with Crippen molar-refractivity contribution in [1.82, 2.24) is 0 Å². The van der Waals surface area contributed by atoms with E-state index in [-0.39, 0.29) is 11.2 Å². The molecular weight excluding hydrogens is 224 g/mol. The maximum absolute atomic E-state index is 12.1. The zero-order chi connectivity index (χ0) is 13.7. The summed E-state index contributed by atoms with van der Waals surface area (Å²) in [5.41, 5.74) is 2.10. The molecule has 1 aromatic carbocycles. The van der Waals surface area contributed by atoms with Crippen LogP contribution in [-0.4, -0.2) is 16.5 Å². The van der Waals surface area contributed by atoms with Crippen LogP contribution in [0.15, 0.2) is 18.2 Å². The number of hydrogen-bond donors (Lipinski definition) is 1. The summed E-state index contributed by atoms with van der Waals surface area (Å²) in [4.78, 5) is 12.1. The summed E-state index contributed by atoms with van der Waals surface area (Å²) in [5, 5.41) is 9.81. The average Bonchev–Trinajstić information content (AvgIpc) is 2.47. The van der Waals surface area contributed by atoms with Gasteiger partial charge in [-0.3, -0.25) is 4.79 Å². The lowest BCUT2D eigenvalue weighted by atomic mass is 9.85. The number of hydrogen-bond acceptors (Lipinski definition) is 2. The molecule has 0 bridgehead atoms. The molecule has 1 aliphatic carbocycles. The summed E-state index contributed by atoms with van der Waals surface area (Å²) in [7, 11) is 0. The normalized spacial score (nSPS) is 21.8. The lowest BCUT2D eigenvalue weighted by Crippen LogP contribution is -2.31. The number of rotatable bonds is 2. The number of carbonyl (C=O) groups is 1. The van der Waals surface area contributed by atoms with Gasteiger partial charge in [0.2, 0.25) is 0 Å². The van der Waals surface area contributed by atoms with Gasteiger partial charge in [0.05, 0.1) is 0 Å². The molecule has 1 atom stereocenters. The zero-order valence-electron chi connectivity index (χ0n) is 11.9. The van der Waals surface area contributed by atoms with Crippen molar-refractivity contribution < 1.29 is 9.90 Å². The highest BCUT2D eigenvalue weighted by atomic mass is 16.3. The number of fused-ring (bicyclic) bond motifs is 1. The lowest BCUT2D eigenvalue weighted by Gasteiger charge is -2.20. The first-order valence-corrected chi connectivity index (χ1v) is 6.54. The highest BCUT2D eigenvalue weighted by Gasteiger charge is 2.35. The monoisotopic (exact) mass is 246 g/mol. The third-order valence-corrected chi connectivity index (χ3v) is 3.95. The molecule has 2 nitrogen and oxygen atoms in total. The summed E-state index contributed by atoms with van der Waals surface area (Å²) < 4.78 is 0.